The maximum atomic E-state index is 5.21. The Morgan fingerprint density at radius 3 is 2.94 bits per heavy atom. The summed E-state index contributed by atoms with van der Waals surface area (Å²) in [5.74, 6) is 0.847. The predicted molar refractivity (Wildman–Crippen MR) is 79.5 cm³/mol. The zero-order valence-corrected chi connectivity index (χ0v) is 12.8. The van der Waals surface area contributed by atoms with Crippen LogP contribution in [-0.2, 0) is 13.0 Å². The lowest BCUT2D eigenvalue weighted by Crippen LogP contribution is -1.98. The minimum atomic E-state index is 0.781. The number of halogens is 1. The topological polar surface area (TPSA) is 34.2 Å². The second kappa shape index (κ2) is 6.20. The fraction of sp³-hybridized carbons (Fsp3) is 0.308. The summed E-state index contributed by atoms with van der Waals surface area (Å²) in [7, 11) is 1.67. The summed E-state index contributed by atoms with van der Waals surface area (Å²) in [5.41, 5.74) is 1.03. The van der Waals surface area contributed by atoms with E-state index in [4.69, 9.17) is 4.74 Å². The number of nitrogens with zero attached hydrogens (tertiary/aromatic N) is 1. The quantitative estimate of drug-likeness (QED) is 0.898. The van der Waals surface area contributed by atoms with E-state index < -0.39 is 0 Å². The van der Waals surface area contributed by atoms with Gasteiger partial charge in [0.2, 0.25) is 0 Å². The van der Waals surface area contributed by atoms with Crippen LogP contribution >= 0.6 is 27.3 Å². The third-order valence-corrected chi connectivity index (χ3v) is 4.36. The molecule has 0 atom stereocenters. The molecular formula is C13H15BrN2OS. The van der Waals surface area contributed by atoms with E-state index in [0.717, 1.165) is 28.9 Å². The normalized spacial score (nSPS) is 10.4. The van der Waals surface area contributed by atoms with E-state index in [1.807, 2.05) is 24.4 Å². The van der Waals surface area contributed by atoms with Crippen molar-refractivity contribution < 1.29 is 4.74 Å². The molecule has 0 unspecified atom stereocenters. The van der Waals surface area contributed by atoms with Crippen LogP contribution in [-0.4, -0.2) is 12.1 Å². The molecule has 1 aromatic heterocycles. The molecule has 3 nitrogen and oxygen atoms in total. The monoisotopic (exact) mass is 326 g/mol. The first-order valence-electron chi connectivity index (χ1n) is 5.74. The molecule has 1 aromatic carbocycles. The largest absolute Gasteiger partial charge is 0.497 e. The summed E-state index contributed by atoms with van der Waals surface area (Å²) in [4.78, 5) is 5.58. The van der Waals surface area contributed by atoms with Crippen LogP contribution in [0.4, 0.5) is 5.69 Å². The van der Waals surface area contributed by atoms with Crippen LogP contribution in [0.3, 0.4) is 0 Å². The van der Waals surface area contributed by atoms with E-state index in [9.17, 15) is 0 Å². The lowest BCUT2D eigenvalue weighted by atomic mass is 10.3. The van der Waals surface area contributed by atoms with Gasteiger partial charge < -0.3 is 10.1 Å². The Bertz CT molecular complexity index is 527. The van der Waals surface area contributed by atoms with Crippen LogP contribution in [0.25, 0.3) is 0 Å². The molecule has 0 bridgehead atoms. The number of benzene rings is 1. The molecule has 2 aromatic rings. The van der Waals surface area contributed by atoms with Crippen LogP contribution in [0.15, 0.2) is 28.9 Å². The number of rotatable bonds is 5. The van der Waals surface area contributed by atoms with Gasteiger partial charge >= 0.3 is 0 Å². The summed E-state index contributed by atoms with van der Waals surface area (Å²) in [6.07, 6.45) is 2.93. The number of aryl methyl sites for hydroxylation is 1. The van der Waals surface area contributed by atoms with Gasteiger partial charge in [0.05, 0.1) is 24.3 Å². The molecule has 5 heteroatoms. The Morgan fingerprint density at radius 2 is 2.28 bits per heavy atom. The lowest BCUT2D eigenvalue weighted by molar-refractivity contribution is 0.415. The highest BCUT2D eigenvalue weighted by Crippen LogP contribution is 2.28. The van der Waals surface area contributed by atoms with E-state index in [0.29, 0.717) is 0 Å². The van der Waals surface area contributed by atoms with Gasteiger partial charge in [0, 0.05) is 21.6 Å². The van der Waals surface area contributed by atoms with E-state index in [1.165, 1.54) is 9.88 Å². The average Bonchev–Trinajstić information content (AvgIpc) is 2.86. The molecule has 96 valence electrons. The molecule has 0 fully saturated rings. The van der Waals surface area contributed by atoms with Crippen LogP contribution < -0.4 is 10.1 Å². The van der Waals surface area contributed by atoms with Crippen LogP contribution in [0.1, 0.15) is 16.8 Å². The van der Waals surface area contributed by atoms with E-state index in [-0.39, 0.29) is 0 Å². The van der Waals surface area contributed by atoms with Crippen LogP contribution in [0.2, 0.25) is 0 Å². The molecule has 0 radical (unpaired) electrons. The Hall–Kier alpha value is -1.07. The highest BCUT2D eigenvalue weighted by Gasteiger charge is 2.04. The molecule has 0 aliphatic carbocycles. The molecule has 0 saturated carbocycles. The standard InChI is InChI=1S/C13H15BrN2OS/c1-3-13-16-8-10(18-13)7-15-12-6-9(17-2)4-5-11(12)14/h4-6,8,15H,3,7H2,1-2H3. The Labute approximate surface area is 119 Å². The number of aromatic nitrogens is 1. The van der Waals surface area contributed by atoms with Gasteiger partial charge in [0.25, 0.3) is 0 Å². The minimum absolute atomic E-state index is 0.781. The van der Waals surface area contributed by atoms with E-state index >= 15 is 0 Å². The van der Waals surface area contributed by atoms with Gasteiger partial charge in [0.1, 0.15) is 5.75 Å². The third-order valence-electron chi connectivity index (χ3n) is 2.53. The molecular weight excluding hydrogens is 312 g/mol. The zero-order chi connectivity index (χ0) is 13.0. The first kappa shape index (κ1) is 13.4. The third kappa shape index (κ3) is 3.23. The molecule has 0 aliphatic rings. The van der Waals surface area contributed by atoms with Crippen molar-refractivity contribution in [1.29, 1.82) is 0 Å². The maximum Gasteiger partial charge on any atom is 0.121 e. The van der Waals surface area contributed by atoms with Crippen molar-refractivity contribution >= 4 is 33.0 Å². The van der Waals surface area contributed by atoms with E-state index in [1.54, 1.807) is 18.4 Å². The van der Waals surface area contributed by atoms with Crippen molar-refractivity contribution in [2.24, 2.45) is 0 Å². The van der Waals surface area contributed by atoms with E-state index in [2.05, 4.69) is 33.2 Å². The lowest BCUT2D eigenvalue weighted by Gasteiger charge is -2.09. The number of hydrogen-bond donors (Lipinski definition) is 1. The number of nitrogens with one attached hydrogen (secondary N) is 1. The van der Waals surface area contributed by atoms with Gasteiger partial charge in [-0.15, -0.1) is 11.3 Å². The predicted octanol–water partition coefficient (Wildman–Crippen LogP) is 4.09. The minimum Gasteiger partial charge on any atom is -0.497 e. The van der Waals surface area contributed by atoms with Crippen molar-refractivity contribution in [3.05, 3.63) is 38.8 Å². The van der Waals surface area contributed by atoms with Crippen molar-refractivity contribution in [2.45, 2.75) is 19.9 Å². The highest BCUT2D eigenvalue weighted by atomic mass is 79.9. The second-order valence-corrected chi connectivity index (χ2v) is 5.83. The fourth-order valence-electron chi connectivity index (χ4n) is 1.54. The van der Waals surface area contributed by atoms with Gasteiger partial charge in [-0.3, -0.25) is 0 Å². The summed E-state index contributed by atoms with van der Waals surface area (Å²) in [6, 6.07) is 5.88. The Kier molecular flexibility index (Phi) is 4.60. The summed E-state index contributed by atoms with van der Waals surface area (Å²) < 4.78 is 6.24. The van der Waals surface area contributed by atoms with Crippen molar-refractivity contribution in [3.8, 4) is 5.75 Å². The molecule has 1 heterocycles. The maximum absolute atomic E-state index is 5.21. The zero-order valence-electron chi connectivity index (χ0n) is 10.4. The summed E-state index contributed by atoms with van der Waals surface area (Å²) >= 11 is 5.27. The van der Waals surface area contributed by atoms with Gasteiger partial charge in [0.15, 0.2) is 0 Å². The number of methoxy groups -OCH3 is 1. The fourth-order valence-corrected chi connectivity index (χ4v) is 2.73. The number of anilines is 1. The van der Waals surface area contributed by atoms with Crippen LogP contribution in [0.5, 0.6) is 5.75 Å². The average molecular weight is 327 g/mol. The van der Waals surface area contributed by atoms with Crippen molar-refractivity contribution in [1.82, 2.24) is 4.98 Å². The van der Waals surface area contributed by atoms with Crippen molar-refractivity contribution in [3.63, 3.8) is 0 Å². The molecule has 2 rings (SSSR count). The molecule has 0 aliphatic heterocycles. The SMILES string of the molecule is CCc1ncc(CNc2cc(OC)ccc2Br)s1. The summed E-state index contributed by atoms with van der Waals surface area (Å²) in [6.45, 7) is 2.90. The van der Waals surface area contributed by atoms with Crippen LogP contribution in [0, 0.1) is 0 Å². The molecule has 18 heavy (non-hydrogen) atoms. The number of hydrogen-bond acceptors (Lipinski definition) is 4. The first-order chi connectivity index (χ1) is 8.72. The molecule has 1 N–H and O–H groups in total. The molecule has 0 spiro atoms. The molecule has 0 amide bonds. The van der Waals surface area contributed by atoms with Gasteiger partial charge in [-0.05, 0) is 34.5 Å². The van der Waals surface area contributed by atoms with Gasteiger partial charge in [-0.2, -0.15) is 0 Å². The molecule has 0 saturated heterocycles. The Morgan fingerprint density at radius 1 is 1.44 bits per heavy atom. The second-order valence-electron chi connectivity index (χ2n) is 3.77. The Balaban J connectivity index is 2.05. The smallest absolute Gasteiger partial charge is 0.121 e. The van der Waals surface area contributed by atoms with Gasteiger partial charge in [-0.25, -0.2) is 4.98 Å². The summed E-state index contributed by atoms with van der Waals surface area (Å²) in [5, 5.41) is 4.56. The first-order valence-corrected chi connectivity index (χ1v) is 7.35. The number of ether oxygens (including phenoxy) is 1. The highest BCUT2D eigenvalue weighted by molar-refractivity contribution is 9.10. The van der Waals surface area contributed by atoms with Crippen molar-refractivity contribution in [2.75, 3.05) is 12.4 Å². The van der Waals surface area contributed by atoms with Gasteiger partial charge in [-0.1, -0.05) is 6.92 Å². The number of thiazole rings is 1.